The number of hydrogen-bond donors (Lipinski definition) is 1. The Bertz CT molecular complexity index is 895. The molecule has 3 rings (SSSR count). The quantitative estimate of drug-likeness (QED) is 0.861. The molecule has 1 saturated heterocycles. The lowest BCUT2D eigenvalue weighted by molar-refractivity contribution is 0.0691. The number of carbonyl (C=O) groups is 1. The molecule has 2 aromatic carbocycles. The molecule has 1 aliphatic rings. The van der Waals surface area contributed by atoms with Gasteiger partial charge in [-0.1, -0.05) is 30.3 Å². The molecule has 0 aromatic heterocycles. The van der Waals surface area contributed by atoms with Gasteiger partial charge in [-0.3, -0.25) is 4.90 Å². The summed E-state index contributed by atoms with van der Waals surface area (Å²) in [7, 11) is -3.85. The highest BCUT2D eigenvalue weighted by atomic mass is 32.2. The zero-order valence-electron chi connectivity index (χ0n) is 14.0. The minimum Gasteiger partial charge on any atom is -0.478 e. The lowest BCUT2D eigenvalue weighted by Crippen LogP contribution is -2.48. The molecule has 0 aliphatic carbocycles. The van der Waals surface area contributed by atoms with Crippen LogP contribution in [0.15, 0.2) is 53.4 Å². The molecule has 6 nitrogen and oxygen atoms in total. The van der Waals surface area contributed by atoms with Crippen LogP contribution in [0, 0.1) is 5.82 Å². The van der Waals surface area contributed by atoms with Gasteiger partial charge < -0.3 is 5.11 Å². The molecule has 8 heteroatoms. The molecule has 2 aromatic rings. The maximum atomic E-state index is 13.5. The van der Waals surface area contributed by atoms with Crippen LogP contribution in [0.25, 0.3) is 0 Å². The molecule has 138 valence electrons. The van der Waals surface area contributed by atoms with E-state index in [1.54, 1.807) is 0 Å². The number of piperazine rings is 1. The molecule has 1 heterocycles. The van der Waals surface area contributed by atoms with Crippen LogP contribution in [0.3, 0.4) is 0 Å². The Kier molecular flexibility index (Phi) is 5.36. The molecule has 1 N–H and O–H groups in total. The largest absolute Gasteiger partial charge is 0.478 e. The lowest BCUT2D eigenvalue weighted by atomic mass is 10.2. The number of carboxylic acid groups (broad SMARTS) is 1. The monoisotopic (exact) mass is 378 g/mol. The Balaban J connectivity index is 1.70. The molecule has 0 atom stereocenters. The predicted octanol–water partition coefficient (Wildman–Crippen LogP) is 2.03. The van der Waals surface area contributed by atoms with Gasteiger partial charge in [0.2, 0.25) is 10.0 Å². The smallest absolute Gasteiger partial charge is 0.338 e. The predicted molar refractivity (Wildman–Crippen MR) is 93.8 cm³/mol. The minimum absolute atomic E-state index is 0.201. The van der Waals surface area contributed by atoms with Crippen LogP contribution in [-0.4, -0.2) is 54.9 Å². The van der Waals surface area contributed by atoms with Gasteiger partial charge in [0.1, 0.15) is 5.82 Å². The Hall–Kier alpha value is -2.29. The van der Waals surface area contributed by atoms with Crippen molar-refractivity contribution in [3.05, 3.63) is 65.5 Å². The van der Waals surface area contributed by atoms with Gasteiger partial charge in [0.25, 0.3) is 0 Å². The van der Waals surface area contributed by atoms with E-state index in [-0.39, 0.29) is 4.90 Å². The molecule has 0 saturated carbocycles. The molecule has 0 amide bonds. The van der Waals surface area contributed by atoms with E-state index in [4.69, 9.17) is 5.11 Å². The van der Waals surface area contributed by atoms with Gasteiger partial charge in [-0.2, -0.15) is 4.31 Å². The molecular weight excluding hydrogens is 359 g/mol. The Morgan fingerprint density at radius 2 is 1.69 bits per heavy atom. The summed E-state index contributed by atoms with van der Waals surface area (Å²) >= 11 is 0. The van der Waals surface area contributed by atoms with Crippen molar-refractivity contribution in [2.75, 3.05) is 26.2 Å². The van der Waals surface area contributed by atoms with Crippen molar-refractivity contribution >= 4 is 16.0 Å². The van der Waals surface area contributed by atoms with E-state index >= 15 is 0 Å². The van der Waals surface area contributed by atoms with Gasteiger partial charge in [0, 0.05) is 32.7 Å². The summed E-state index contributed by atoms with van der Waals surface area (Å²) in [4.78, 5) is 13.0. The topological polar surface area (TPSA) is 77.9 Å². The number of benzene rings is 2. The van der Waals surface area contributed by atoms with Gasteiger partial charge in [0.05, 0.1) is 10.5 Å². The van der Waals surface area contributed by atoms with Gasteiger partial charge in [-0.25, -0.2) is 17.6 Å². The summed E-state index contributed by atoms with van der Waals surface area (Å²) < 4.78 is 40.3. The fraction of sp³-hybridized carbons (Fsp3) is 0.278. The first-order valence-corrected chi connectivity index (χ1v) is 9.61. The summed E-state index contributed by atoms with van der Waals surface area (Å²) in [6, 6.07) is 12.8. The lowest BCUT2D eigenvalue weighted by Gasteiger charge is -2.34. The van der Waals surface area contributed by atoms with Crippen molar-refractivity contribution in [3.8, 4) is 0 Å². The van der Waals surface area contributed by atoms with Gasteiger partial charge in [-0.05, 0) is 23.8 Å². The summed E-state index contributed by atoms with van der Waals surface area (Å²) in [5, 5.41) is 8.99. The van der Waals surface area contributed by atoms with Crippen molar-refractivity contribution in [2.45, 2.75) is 11.4 Å². The molecule has 0 spiro atoms. The summed E-state index contributed by atoms with van der Waals surface area (Å²) in [5.41, 5.74) is 0.516. The summed E-state index contributed by atoms with van der Waals surface area (Å²) in [5.74, 6) is -2.45. The molecule has 26 heavy (non-hydrogen) atoms. The average molecular weight is 378 g/mol. The third kappa shape index (κ3) is 3.92. The van der Waals surface area contributed by atoms with Crippen molar-refractivity contribution in [1.29, 1.82) is 0 Å². The van der Waals surface area contributed by atoms with Crippen molar-refractivity contribution < 1.29 is 22.7 Å². The van der Waals surface area contributed by atoms with Crippen LogP contribution >= 0.6 is 0 Å². The van der Waals surface area contributed by atoms with Crippen LogP contribution in [0.2, 0.25) is 0 Å². The second kappa shape index (κ2) is 7.53. The van der Waals surface area contributed by atoms with Crippen molar-refractivity contribution in [1.82, 2.24) is 9.21 Å². The van der Waals surface area contributed by atoms with Crippen LogP contribution in [0.1, 0.15) is 15.9 Å². The first-order chi connectivity index (χ1) is 12.4. The SMILES string of the molecule is O=C(O)c1cc(S(=O)(=O)N2CCN(Cc3ccccc3)CC2)ccc1F. The maximum Gasteiger partial charge on any atom is 0.338 e. The van der Waals surface area contributed by atoms with E-state index in [0.717, 1.165) is 30.3 Å². The van der Waals surface area contributed by atoms with E-state index in [2.05, 4.69) is 4.90 Å². The van der Waals surface area contributed by atoms with E-state index in [0.29, 0.717) is 26.2 Å². The van der Waals surface area contributed by atoms with Gasteiger partial charge in [-0.15, -0.1) is 0 Å². The van der Waals surface area contributed by atoms with E-state index in [9.17, 15) is 17.6 Å². The zero-order chi connectivity index (χ0) is 18.7. The Labute approximate surface area is 151 Å². The maximum absolute atomic E-state index is 13.5. The van der Waals surface area contributed by atoms with E-state index in [1.807, 2.05) is 30.3 Å². The number of rotatable bonds is 5. The number of hydrogen-bond acceptors (Lipinski definition) is 4. The molecule has 1 aliphatic heterocycles. The number of halogens is 1. The molecule has 0 radical (unpaired) electrons. The van der Waals surface area contributed by atoms with Crippen molar-refractivity contribution in [3.63, 3.8) is 0 Å². The standard InChI is InChI=1S/C18H19FN2O4S/c19-17-7-6-15(12-16(17)18(22)23)26(24,25)21-10-8-20(9-11-21)13-14-4-2-1-3-5-14/h1-7,12H,8-11,13H2,(H,22,23). The average Bonchev–Trinajstić information content (AvgIpc) is 2.63. The first kappa shape index (κ1) is 18.5. The third-order valence-electron chi connectivity index (χ3n) is 4.39. The summed E-state index contributed by atoms with van der Waals surface area (Å²) in [6.45, 7) is 2.49. The van der Waals surface area contributed by atoms with Crippen LogP contribution in [-0.2, 0) is 16.6 Å². The second-order valence-corrected chi connectivity index (χ2v) is 8.05. The normalized spacial score (nSPS) is 16.5. The molecule has 1 fully saturated rings. The van der Waals surface area contributed by atoms with Crippen molar-refractivity contribution in [2.24, 2.45) is 0 Å². The van der Waals surface area contributed by atoms with Crippen LogP contribution in [0.5, 0.6) is 0 Å². The van der Waals surface area contributed by atoms with Gasteiger partial charge in [0.15, 0.2) is 0 Å². The highest BCUT2D eigenvalue weighted by molar-refractivity contribution is 7.89. The minimum atomic E-state index is -3.85. The fourth-order valence-electron chi connectivity index (χ4n) is 2.95. The highest BCUT2D eigenvalue weighted by Gasteiger charge is 2.29. The molecule has 0 bridgehead atoms. The molecular formula is C18H19FN2O4S. The Morgan fingerprint density at radius 3 is 2.31 bits per heavy atom. The van der Waals surface area contributed by atoms with Gasteiger partial charge >= 0.3 is 5.97 Å². The summed E-state index contributed by atoms with van der Waals surface area (Å²) in [6.07, 6.45) is 0. The van der Waals surface area contributed by atoms with Crippen LogP contribution in [0.4, 0.5) is 4.39 Å². The number of aromatic carboxylic acids is 1. The fourth-order valence-corrected chi connectivity index (χ4v) is 4.40. The van der Waals surface area contributed by atoms with Crippen LogP contribution < -0.4 is 0 Å². The number of nitrogens with zero attached hydrogens (tertiary/aromatic N) is 2. The highest BCUT2D eigenvalue weighted by Crippen LogP contribution is 2.21. The zero-order valence-corrected chi connectivity index (χ0v) is 14.8. The number of sulfonamides is 1. The number of carboxylic acids is 1. The molecule has 0 unspecified atom stereocenters. The third-order valence-corrected chi connectivity index (χ3v) is 6.28. The second-order valence-electron chi connectivity index (χ2n) is 6.11. The Morgan fingerprint density at radius 1 is 1.04 bits per heavy atom. The van der Waals surface area contributed by atoms with E-state index in [1.165, 1.54) is 4.31 Å². The van der Waals surface area contributed by atoms with E-state index < -0.39 is 27.4 Å². The first-order valence-electron chi connectivity index (χ1n) is 8.17.